The van der Waals surface area contributed by atoms with Crippen LogP contribution in [0.1, 0.15) is 36.9 Å². The number of hydrogen-bond acceptors (Lipinski definition) is 4. The molecule has 136 valence electrons. The number of nitrogens with one attached hydrogen (secondary N) is 1. The van der Waals surface area contributed by atoms with Crippen LogP contribution in [0, 0.1) is 12.8 Å². The topological polar surface area (TPSA) is 67.5 Å². The van der Waals surface area contributed by atoms with Crippen molar-refractivity contribution in [2.45, 2.75) is 38.2 Å². The minimum atomic E-state index is -0.423. The Morgan fingerprint density at radius 3 is 2.88 bits per heavy atom. The molecule has 1 aliphatic carbocycles. The van der Waals surface area contributed by atoms with Crippen molar-refractivity contribution in [3.8, 4) is 17.0 Å². The largest absolute Gasteiger partial charge is 0.482 e. The molecule has 1 N–H and O–H groups in total. The van der Waals surface area contributed by atoms with Crippen LogP contribution in [-0.4, -0.2) is 40.9 Å². The molecule has 5 rings (SSSR count). The second-order valence-electron chi connectivity index (χ2n) is 7.67. The Bertz CT molecular complexity index is 848. The normalized spacial score (nSPS) is 20.3. The van der Waals surface area contributed by atoms with E-state index in [1.54, 1.807) is 0 Å². The molecule has 3 aliphatic rings. The number of carbonyl (C=O) groups is 1. The van der Waals surface area contributed by atoms with Crippen molar-refractivity contribution < 1.29 is 14.3 Å². The quantitative estimate of drug-likeness (QED) is 0.895. The van der Waals surface area contributed by atoms with Crippen LogP contribution in [-0.2, 0) is 10.3 Å². The van der Waals surface area contributed by atoms with E-state index < -0.39 is 5.60 Å². The average molecular weight is 353 g/mol. The maximum atomic E-state index is 12.3. The molecule has 3 heterocycles. The first-order valence-electron chi connectivity index (χ1n) is 9.42. The second-order valence-corrected chi connectivity index (χ2v) is 7.67. The number of piperidine rings is 1. The van der Waals surface area contributed by atoms with Gasteiger partial charge in [-0.2, -0.15) is 5.10 Å². The van der Waals surface area contributed by atoms with Crippen LogP contribution in [0.5, 0.6) is 5.75 Å². The van der Waals surface area contributed by atoms with Crippen molar-refractivity contribution in [1.29, 1.82) is 0 Å². The van der Waals surface area contributed by atoms with Crippen molar-refractivity contribution in [3.63, 3.8) is 0 Å². The number of carbonyl (C=O) groups excluding carboxylic acids is 1. The molecule has 6 heteroatoms. The number of amides is 1. The van der Waals surface area contributed by atoms with E-state index in [0.29, 0.717) is 25.6 Å². The van der Waals surface area contributed by atoms with E-state index in [0.717, 1.165) is 41.1 Å². The van der Waals surface area contributed by atoms with Crippen LogP contribution in [0.3, 0.4) is 0 Å². The lowest BCUT2D eigenvalue weighted by Gasteiger charge is -2.44. The molecule has 2 aromatic rings. The highest BCUT2D eigenvalue weighted by Crippen LogP contribution is 2.49. The minimum Gasteiger partial charge on any atom is -0.482 e. The maximum Gasteiger partial charge on any atom is 0.409 e. The van der Waals surface area contributed by atoms with Gasteiger partial charge in [0, 0.05) is 42.8 Å². The number of aromatic amines is 1. The number of aromatic nitrogens is 2. The summed E-state index contributed by atoms with van der Waals surface area (Å²) in [6, 6.07) is 8.04. The molecule has 1 aromatic heterocycles. The summed E-state index contributed by atoms with van der Waals surface area (Å²) < 4.78 is 12.0. The zero-order chi connectivity index (χ0) is 17.7. The maximum absolute atomic E-state index is 12.3. The number of rotatable bonds is 2. The lowest BCUT2D eigenvalue weighted by atomic mass is 9.79. The van der Waals surface area contributed by atoms with Gasteiger partial charge in [-0.25, -0.2) is 4.79 Å². The Labute approximate surface area is 152 Å². The molecule has 0 bridgehead atoms. The van der Waals surface area contributed by atoms with Crippen molar-refractivity contribution in [3.05, 3.63) is 35.5 Å². The van der Waals surface area contributed by atoms with E-state index >= 15 is 0 Å². The third-order valence-corrected chi connectivity index (χ3v) is 5.82. The molecule has 1 saturated heterocycles. The Hall–Kier alpha value is -2.50. The molecule has 0 atom stereocenters. The molecule has 26 heavy (non-hydrogen) atoms. The van der Waals surface area contributed by atoms with E-state index in [1.807, 2.05) is 36.1 Å². The van der Waals surface area contributed by atoms with Gasteiger partial charge in [0.25, 0.3) is 0 Å². The van der Waals surface area contributed by atoms with Crippen LogP contribution in [0.25, 0.3) is 11.3 Å². The minimum absolute atomic E-state index is 0.188. The molecule has 6 nitrogen and oxygen atoms in total. The highest BCUT2D eigenvalue weighted by molar-refractivity contribution is 5.74. The molecule has 2 fully saturated rings. The summed E-state index contributed by atoms with van der Waals surface area (Å²) in [5, 5.41) is 7.68. The number of para-hydroxylation sites is 1. The molecule has 1 saturated carbocycles. The van der Waals surface area contributed by atoms with Gasteiger partial charge in [-0.05, 0) is 37.8 Å². The third-order valence-electron chi connectivity index (χ3n) is 5.82. The lowest BCUT2D eigenvalue weighted by molar-refractivity contribution is -0.00637. The van der Waals surface area contributed by atoms with Gasteiger partial charge in [0.15, 0.2) is 0 Å². The molecule has 0 radical (unpaired) electrons. The van der Waals surface area contributed by atoms with Gasteiger partial charge >= 0.3 is 6.09 Å². The highest BCUT2D eigenvalue weighted by Gasteiger charge is 2.46. The van der Waals surface area contributed by atoms with E-state index in [-0.39, 0.29) is 6.09 Å². The molecule has 0 unspecified atom stereocenters. The zero-order valence-corrected chi connectivity index (χ0v) is 15.0. The Morgan fingerprint density at radius 1 is 1.35 bits per heavy atom. The first-order valence-corrected chi connectivity index (χ1v) is 9.42. The van der Waals surface area contributed by atoms with Gasteiger partial charge in [0.1, 0.15) is 17.0 Å². The van der Waals surface area contributed by atoms with Gasteiger partial charge in [0.05, 0.1) is 6.61 Å². The summed E-state index contributed by atoms with van der Waals surface area (Å²) in [7, 11) is 0. The van der Waals surface area contributed by atoms with E-state index in [1.165, 1.54) is 12.8 Å². The van der Waals surface area contributed by atoms with E-state index in [4.69, 9.17) is 9.47 Å². The molecular weight excluding hydrogens is 330 g/mol. The summed E-state index contributed by atoms with van der Waals surface area (Å²) in [4.78, 5) is 14.1. The Balaban J connectivity index is 1.38. The first-order chi connectivity index (χ1) is 12.7. The Kier molecular flexibility index (Phi) is 3.48. The van der Waals surface area contributed by atoms with Gasteiger partial charge in [-0.1, -0.05) is 12.1 Å². The fraction of sp³-hybridized carbons (Fsp3) is 0.500. The Morgan fingerprint density at radius 2 is 2.12 bits per heavy atom. The summed E-state index contributed by atoms with van der Waals surface area (Å²) >= 11 is 0. The van der Waals surface area contributed by atoms with Crippen molar-refractivity contribution in [2.24, 2.45) is 5.92 Å². The number of benzene rings is 1. The van der Waals surface area contributed by atoms with Crippen LogP contribution < -0.4 is 4.74 Å². The smallest absolute Gasteiger partial charge is 0.409 e. The fourth-order valence-electron chi connectivity index (χ4n) is 4.16. The van der Waals surface area contributed by atoms with Gasteiger partial charge in [-0.15, -0.1) is 0 Å². The monoisotopic (exact) mass is 353 g/mol. The van der Waals surface area contributed by atoms with Crippen LogP contribution in [0.4, 0.5) is 4.79 Å². The summed E-state index contributed by atoms with van der Waals surface area (Å²) in [5.74, 6) is 1.46. The number of H-pyrrole nitrogens is 1. The lowest BCUT2D eigenvalue weighted by Crippen LogP contribution is -2.49. The number of aryl methyl sites for hydroxylation is 1. The van der Waals surface area contributed by atoms with Crippen LogP contribution in [0.2, 0.25) is 0 Å². The van der Waals surface area contributed by atoms with Gasteiger partial charge in [-0.3, -0.25) is 5.10 Å². The second kappa shape index (κ2) is 5.76. The summed E-state index contributed by atoms with van der Waals surface area (Å²) in [6.45, 7) is 3.88. The average Bonchev–Trinajstić information content (AvgIpc) is 3.41. The van der Waals surface area contributed by atoms with E-state index in [9.17, 15) is 4.79 Å². The molecule has 1 aromatic carbocycles. The van der Waals surface area contributed by atoms with E-state index in [2.05, 4.69) is 10.2 Å². The summed E-state index contributed by atoms with van der Waals surface area (Å²) in [5.41, 5.74) is 3.77. The van der Waals surface area contributed by atoms with Gasteiger partial charge < -0.3 is 14.4 Å². The molecule has 2 aliphatic heterocycles. The number of fused-ring (bicyclic) bond motifs is 4. The fourth-order valence-corrected chi connectivity index (χ4v) is 4.16. The SMILES string of the molecule is Cc1[nH]nc2c1C1(CCN(C(=O)OCC3CC3)CC1)Oc1ccccc1-2. The first kappa shape index (κ1) is 15.7. The van der Waals surface area contributed by atoms with Crippen LogP contribution in [0.15, 0.2) is 24.3 Å². The molecule has 1 spiro atoms. The van der Waals surface area contributed by atoms with Crippen molar-refractivity contribution >= 4 is 6.09 Å². The highest BCUT2D eigenvalue weighted by atomic mass is 16.6. The standard InChI is InChI=1S/C20H23N3O3/c1-13-17-18(22-21-13)15-4-2-3-5-16(15)26-20(17)8-10-23(11-9-20)19(24)25-12-14-6-7-14/h2-5,14H,6-12H2,1H3,(H,21,22). The number of hydrogen-bond donors (Lipinski definition) is 1. The molecule has 1 amide bonds. The number of ether oxygens (including phenoxy) is 2. The van der Waals surface area contributed by atoms with Crippen LogP contribution >= 0.6 is 0 Å². The summed E-state index contributed by atoms with van der Waals surface area (Å²) in [6.07, 6.45) is 3.67. The predicted octanol–water partition coefficient (Wildman–Crippen LogP) is 3.62. The molecular formula is C20H23N3O3. The number of likely N-dealkylation sites (tertiary alicyclic amines) is 1. The van der Waals surface area contributed by atoms with Crippen molar-refractivity contribution in [2.75, 3.05) is 19.7 Å². The number of nitrogens with zero attached hydrogens (tertiary/aromatic N) is 2. The predicted molar refractivity (Wildman–Crippen MR) is 95.9 cm³/mol. The van der Waals surface area contributed by atoms with Gasteiger partial charge in [0.2, 0.25) is 0 Å². The van der Waals surface area contributed by atoms with Crippen molar-refractivity contribution in [1.82, 2.24) is 15.1 Å². The zero-order valence-electron chi connectivity index (χ0n) is 15.0. The third kappa shape index (κ3) is 2.47.